The van der Waals surface area contributed by atoms with E-state index in [9.17, 15) is 14.9 Å². The van der Waals surface area contributed by atoms with E-state index in [4.69, 9.17) is 0 Å². The Balaban J connectivity index is 1.37. The lowest BCUT2D eigenvalue weighted by atomic mass is 10.0. The first kappa shape index (κ1) is 21.6. The van der Waals surface area contributed by atoms with Gasteiger partial charge in [0.25, 0.3) is 11.6 Å². The van der Waals surface area contributed by atoms with Crippen LogP contribution in [-0.4, -0.2) is 68.5 Å². The number of carbonyl (C=O) groups excluding carboxylic acids is 1. The van der Waals surface area contributed by atoms with Gasteiger partial charge in [0.2, 0.25) is 0 Å². The van der Waals surface area contributed by atoms with Gasteiger partial charge in [-0.1, -0.05) is 30.3 Å². The van der Waals surface area contributed by atoms with Crippen LogP contribution in [-0.2, 0) is 6.42 Å². The molecule has 1 aliphatic rings. The number of nitro benzene ring substituents is 1. The number of rotatable bonds is 7. The number of aromatic amines is 1. The maximum Gasteiger partial charge on any atom is 0.281 e. The highest BCUT2D eigenvalue weighted by Gasteiger charge is 2.27. The number of likely N-dealkylation sites (tertiary alicyclic amines) is 1. The first-order valence-electron chi connectivity index (χ1n) is 10.7. The summed E-state index contributed by atoms with van der Waals surface area (Å²) >= 11 is 0. The normalized spacial score (nSPS) is 14.6. The van der Waals surface area contributed by atoms with E-state index in [1.165, 1.54) is 18.0 Å². The molecule has 3 aromatic rings. The molecule has 1 aromatic heterocycles. The monoisotopic (exact) mass is 434 g/mol. The number of hydrogen-bond acceptors (Lipinski definition) is 6. The number of H-pyrrole nitrogens is 1. The van der Waals surface area contributed by atoms with Crippen LogP contribution < -0.4 is 0 Å². The SMILES string of the molecule is CN(CCc1ccccc1)C1CCN(C(=O)c2ccc(-c3ncn[nH]3)c([N+](=O)[O-])c2)CC1. The summed E-state index contributed by atoms with van der Waals surface area (Å²) in [4.78, 5) is 32.2. The van der Waals surface area contributed by atoms with E-state index < -0.39 is 4.92 Å². The van der Waals surface area contributed by atoms with Crippen LogP contribution in [0.3, 0.4) is 0 Å². The van der Waals surface area contributed by atoms with Crippen molar-refractivity contribution in [1.82, 2.24) is 25.0 Å². The summed E-state index contributed by atoms with van der Waals surface area (Å²) in [6.07, 6.45) is 4.06. The number of amides is 1. The van der Waals surface area contributed by atoms with Gasteiger partial charge in [-0.3, -0.25) is 20.0 Å². The molecule has 0 unspecified atom stereocenters. The molecule has 0 saturated carbocycles. The Hall–Kier alpha value is -3.59. The molecule has 0 aliphatic carbocycles. The lowest BCUT2D eigenvalue weighted by molar-refractivity contribution is -0.384. The zero-order valence-electron chi connectivity index (χ0n) is 18.0. The van der Waals surface area contributed by atoms with Crippen molar-refractivity contribution in [2.45, 2.75) is 25.3 Å². The number of nitro groups is 1. The van der Waals surface area contributed by atoms with Crippen molar-refractivity contribution in [3.05, 3.63) is 76.1 Å². The van der Waals surface area contributed by atoms with E-state index in [1.54, 1.807) is 17.0 Å². The van der Waals surface area contributed by atoms with Crippen LogP contribution in [0.4, 0.5) is 5.69 Å². The Morgan fingerprint density at radius 2 is 1.97 bits per heavy atom. The van der Waals surface area contributed by atoms with Gasteiger partial charge < -0.3 is 9.80 Å². The standard InChI is InChI=1S/C23H26N6O3/c1-27(12-9-17-5-3-2-4-6-17)19-10-13-28(14-11-19)23(30)18-7-8-20(21(15-18)29(31)32)22-24-16-25-26-22/h2-8,15-16,19H,9-14H2,1H3,(H,24,25,26). The second kappa shape index (κ2) is 9.69. The molecule has 9 heteroatoms. The predicted octanol–water partition coefficient (Wildman–Crippen LogP) is 3.16. The number of carbonyl (C=O) groups is 1. The average molecular weight is 435 g/mol. The second-order valence-corrected chi connectivity index (χ2v) is 8.06. The number of piperidine rings is 1. The summed E-state index contributed by atoms with van der Waals surface area (Å²) < 4.78 is 0. The summed E-state index contributed by atoms with van der Waals surface area (Å²) in [6.45, 7) is 2.24. The van der Waals surface area contributed by atoms with Crippen LogP contribution in [0.1, 0.15) is 28.8 Å². The molecule has 1 aliphatic heterocycles. The molecular formula is C23H26N6O3. The maximum absolute atomic E-state index is 13.0. The highest BCUT2D eigenvalue weighted by atomic mass is 16.6. The van der Waals surface area contributed by atoms with Gasteiger partial charge in [0, 0.05) is 37.3 Å². The molecule has 1 fully saturated rings. The van der Waals surface area contributed by atoms with Crippen molar-refractivity contribution in [3.63, 3.8) is 0 Å². The van der Waals surface area contributed by atoms with Gasteiger partial charge in [-0.15, -0.1) is 0 Å². The Morgan fingerprint density at radius 3 is 2.62 bits per heavy atom. The summed E-state index contributed by atoms with van der Waals surface area (Å²) in [5, 5.41) is 17.9. The molecule has 2 aromatic carbocycles. The molecule has 2 heterocycles. The lowest BCUT2D eigenvalue weighted by Crippen LogP contribution is -2.46. The Labute approximate surface area is 186 Å². The fourth-order valence-electron chi connectivity index (χ4n) is 4.18. The molecule has 0 spiro atoms. The molecule has 4 rings (SSSR count). The zero-order chi connectivity index (χ0) is 22.5. The molecule has 0 atom stereocenters. The van der Waals surface area contributed by atoms with Crippen LogP contribution in [0.25, 0.3) is 11.4 Å². The van der Waals surface area contributed by atoms with E-state index in [-0.39, 0.29) is 11.6 Å². The zero-order valence-corrected chi connectivity index (χ0v) is 18.0. The van der Waals surface area contributed by atoms with E-state index in [0.29, 0.717) is 36.1 Å². The molecule has 166 valence electrons. The fraction of sp³-hybridized carbons (Fsp3) is 0.348. The van der Waals surface area contributed by atoms with Gasteiger partial charge in [0.05, 0.1) is 10.5 Å². The van der Waals surface area contributed by atoms with Crippen LogP contribution in [0.5, 0.6) is 0 Å². The summed E-state index contributed by atoms with van der Waals surface area (Å²) in [6, 6.07) is 15.3. The second-order valence-electron chi connectivity index (χ2n) is 8.06. The van der Waals surface area contributed by atoms with Crippen LogP contribution >= 0.6 is 0 Å². The van der Waals surface area contributed by atoms with Gasteiger partial charge in [0.15, 0.2) is 5.82 Å². The van der Waals surface area contributed by atoms with Gasteiger partial charge >= 0.3 is 0 Å². The number of benzene rings is 2. The van der Waals surface area contributed by atoms with Crippen molar-refractivity contribution in [3.8, 4) is 11.4 Å². The average Bonchev–Trinajstić information content (AvgIpc) is 3.37. The smallest absolute Gasteiger partial charge is 0.281 e. The van der Waals surface area contributed by atoms with Crippen molar-refractivity contribution in [1.29, 1.82) is 0 Å². The van der Waals surface area contributed by atoms with Crippen LogP contribution in [0, 0.1) is 10.1 Å². The third-order valence-electron chi connectivity index (χ3n) is 6.08. The Bertz CT molecular complexity index is 1060. The van der Waals surface area contributed by atoms with E-state index in [1.807, 2.05) is 6.07 Å². The molecule has 1 N–H and O–H groups in total. The van der Waals surface area contributed by atoms with E-state index in [0.717, 1.165) is 25.8 Å². The molecule has 1 amide bonds. The minimum Gasteiger partial charge on any atom is -0.339 e. The number of nitrogens with zero attached hydrogens (tertiary/aromatic N) is 5. The third kappa shape index (κ3) is 4.83. The number of nitrogens with one attached hydrogen (secondary N) is 1. The largest absolute Gasteiger partial charge is 0.339 e. The Kier molecular flexibility index (Phi) is 6.55. The maximum atomic E-state index is 13.0. The van der Waals surface area contributed by atoms with Crippen molar-refractivity contribution in [2.24, 2.45) is 0 Å². The topological polar surface area (TPSA) is 108 Å². The number of hydrogen-bond donors (Lipinski definition) is 1. The minimum absolute atomic E-state index is 0.164. The third-order valence-corrected chi connectivity index (χ3v) is 6.08. The summed E-state index contributed by atoms with van der Waals surface area (Å²) in [5.41, 5.74) is 1.78. The first-order chi connectivity index (χ1) is 15.5. The minimum atomic E-state index is -0.497. The molecule has 0 bridgehead atoms. The molecule has 9 nitrogen and oxygen atoms in total. The van der Waals surface area contributed by atoms with E-state index >= 15 is 0 Å². The molecule has 0 radical (unpaired) electrons. The van der Waals surface area contributed by atoms with Gasteiger partial charge in [-0.2, -0.15) is 5.10 Å². The number of likely N-dealkylation sites (N-methyl/N-ethyl adjacent to an activating group) is 1. The number of aromatic nitrogens is 3. The van der Waals surface area contributed by atoms with Crippen molar-refractivity contribution in [2.75, 3.05) is 26.7 Å². The molecule has 1 saturated heterocycles. The van der Waals surface area contributed by atoms with Crippen molar-refractivity contribution >= 4 is 11.6 Å². The fourth-order valence-corrected chi connectivity index (χ4v) is 4.18. The highest BCUT2D eigenvalue weighted by Crippen LogP contribution is 2.29. The predicted molar refractivity (Wildman–Crippen MR) is 120 cm³/mol. The summed E-state index contributed by atoms with van der Waals surface area (Å²) in [5.74, 6) is 0.123. The van der Waals surface area contributed by atoms with Crippen LogP contribution in [0.15, 0.2) is 54.9 Å². The van der Waals surface area contributed by atoms with Gasteiger partial charge in [-0.05, 0) is 44.0 Å². The summed E-state index contributed by atoms with van der Waals surface area (Å²) in [7, 11) is 2.14. The lowest BCUT2D eigenvalue weighted by Gasteiger charge is -2.37. The highest BCUT2D eigenvalue weighted by molar-refractivity contribution is 5.96. The van der Waals surface area contributed by atoms with Gasteiger partial charge in [0.1, 0.15) is 6.33 Å². The van der Waals surface area contributed by atoms with Gasteiger partial charge in [-0.25, -0.2) is 4.98 Å². The molecule has 32 heavy (non-hydrogen) atoms. The molecular weight excluding hydrogens is 408 g/mol. The van der Waals surface area contributed by atoms with Crippen molar-refractivity contribution < 1.29 is 9.72 Å². The Morgan fingerprint density at radius 1 is 1.22 bits per heavy atom. The van der Waals surface area contributed by atoms with E-state index in [2.05, 4.69) is 51.4 Å². The first-order valence-corrected chi connectivity index (χ1v) is 10.7. The van der Waals surface area contributed by atoms with Crippen LogP contribution in [0.2, 0.25) is 0 Å². The quantitative estimate of drug-likeness (QED) is 0.452.